The second-order valence-corrected chi connectivity index (χ2v) is 8.89. The molecule has 7 heteroatoms. The van der Waals surface area contributed by atoms with Gasteiger partial charge < -0.3 is 0 Å². The minimum absolute atomic E-state index is 0.381. The highest BCUT2D eigenvalue weighted by Gasteiger charge is 2.26. The number of hydrogen-bond acceptors (Lipinski definition) is 5. The van der Waals surface area contributed by atoms with Crippen molar-refractivity contribution >= 4 is 21.8 Å². The van der Waals surface area contributed by atoms with Crippen LogP contribution in [0.3, 0.4) is 0 Å². The van der Waals surface area contributed by atoms with E-state index in [-0.39, 0.29) is 0 Å². The van der Waals surface area contributed by atoms with E-state index < -0.39 is 10.0 Å². The van der Waals surface area contributed by atoms with Crippen molar-refractivity contribution in [1.29, 1.82) is 0 Å². The summed E-state index contributed by atoms with van der Waals surface area (Å²) < 4.78 is 27.4. The van der Waals surface area contributed by atoms with Gasteiger partial charge in [0.2, 0.25) is 10.0 Å². The number of pyridine rings is 1. The van der Waals surface area contributed by atoms with Crippen LogP contribution in [0.1, 0.15) is 12.0 Å². The van der Waals surface area contributed by atoms with Crippen molar-refractivity contribution in [3.63, 3.8) is 0 Å². The van der Waals surface area contributed by atoms with Gasteiger partial charge in [0.05, 0.1) is 4.90 Å². The van der Waals surface area contributed by atoms with Gasteiger partial charge in [0.25, 0.3) is 0 Å². The molecule has 0 bridgehead atoms. The zero-order valence-electron chi connectivity index (χ0n) is 14.3. The van der Waals surface area contributed by atoms with Gasteiger partial charge in [-0.05, 0) is 55.1 Å². The Labute approximate surface area is 154 Å². The van der Waals surface area contributed by atoms with Gasteiger partial charge in [0, 0.05) is 43.5 Å². The van der Waals surface area contributed by atoms with Crippen molar-refractivity contribution in [3.05, 3.63) is 54.4 Å². The van der Waals surface area contributed by atoms with Gasteiger partial charge in [-0.1, -0.05) is 6.07 Å². The van der Waals surface area contributed by atoms with Gasteiger partial charge in [0.1, 0.15) is 0 Å². The highest BCUT2D eigenvalue weighted by Crippen LogP contribution is 2.22. The predicted molar refractivity (Wildman–Crippen MR) is 101 cm³/mol. The Balaban J connectivity index is 1.67. The second-order valence-electron chi connectivity index (χ2n) is 6.07. The zero-order chi connectivity index (χ0) is 17.7. The Morgan fingerprint density at radius 1 is 1.08 bits per heavy atom. The van der Waals surface area contributed by atoms with Crippen LogP contribution < -0.4 is 0 Å². The molecular formula is C18H23N3O2S2. The van der Waals surface area contributed by atoms with Crippen LogP contribution in [0.2, 0.25) is 0 Å². The minimum atomic E-state index is -3.42. The molecule has 134 valence electrons. The molecule has 0 amide bonds. The lowest BCUT2D eigenvalue weighted by atomic mass is 10.2. The number of nitrogens with zero attached hydrogens (tertiary/aromatic N) is 3. The fourth-order valence-electron chi connectivity index (χ4n) is 2.99. The smallest absolute Gasteiger partial charge is 0.243 e. The molecule has 0 saturated carbocycles. The van der Waals surface area contributed by atoms with Crippen molar-refractivity contribution in [2.24, 2.45) is 0 Å². The fourth-order valence-corrected chi connectivity index (χ4v) is 4.87. The third-order valence-corrected chi connectivity index (χ3v) is 7.03. The van der Waals surface area contributed by atoms with E-state index in [0.717, 1.165) is 36.5 Å². The molecule has 0 radical (unpaired) electrons. The molecule has 0 spiro atoms. The normalized spacial score (nSPS) is 17.3. The molecule has 2 heterocycles. The van der Waals surface area contributed by atoms with Crippen molar-refractivity contribution in [2.75, 3.05) is 32.4 Å². The van der Waals surface area contributed by atoms with Crippen LogP contribution in [-0.2, 0) is 16.6 Å². The molecule has 1 saturated heterocycles. The van der Waals surface area contributed by atoms with Gasteiger partial charge in [-0.25, -0.2) is 8.42 Å². The van der Waals surface area contributed by atoms with E-state index >= 15 is 0 Å². The van der Waals surface area contributed by atoms with Crippen molar-refractivity contribution < 1.29 is 8.42 Å². The summed E-state index contributed by atoms with van der Waals surface area (Å²) in [7, 11) is -3.42. The Hall–Kier alpha value is -1.41. The monoisotopic (exact) mass is 377 g/mol. The number of sulfonamides is 1. The van der Waals surface area contributed by atoms with E-state index in [2.05, 4.69) is 16.0 Å². The van der Waals surface area contributed by atoms with Gasteiger partial charge in [0.15, 0.2) is 0 Å². The Kier molecular flexibility index (Phi) is 6.11. The molecule has 0 N–H and O–H groups in total. The van der Waals surface area contributed by atoms with Crippen molar-refractivity contribution in [3.8, 4) is 0 Å². The number of benzene rings is 1. The van der Waals surface area contributed by atoms with Crippen LogP contribution in [0.25, 0.3) is 0 Å². The van der Waals surface area contributed by atoms with Crippen molar-refractivity contribution in [1.82, 2.24) is 14.2 Å². The molecule has 2 aromatic rings. The van der Waals surface area contributed by atoms with E-state index in [9.17, 15) is 8.42 Å². The van der Waals surface area contributed by atoms with Gasteiger partial charge in [-0.15, -0.1) is 11.8 Å². The second kappa shape index (κ2) is 8.31. The molecule has 1 aliphatic heterocycles. The lowest BCUT2D eigenvalue weighted by Gasteiger charge is -2.21. The summed E-state index contributed by atoms with van der Waals surface area (Å²) in [5.74, 6) is 0. The van der Waals surface area contributed by atoms with Crippen molar-refractivity contribution in [2.45, 2.75) is 22.8 Å². The maximum absolute atomic E-state index is 12.9. The lowest BCUT2D eigenvalue weighted by Crippen LogP contribution is -2.35. The van der Waals surface area contributed by atoms with Gasteiger partial charge in [-0.3, -0.25) is 9.88 Å². The lowest BCUT2D eigenvalue weighted by molar-refractivity contribution is 0.278. The summed E-state index contributed by atoms with van der Waals surface area (Å²) in [5, 5.41) is 0. The van der Waals surface area contributed by atoms with Crippen LogP contribution in [0.4, 0.5) is 0 Å². The maximum atomic E-state index is 12.9. The predicted octanol–water partition coefficient (Wildman–Crippen LogP) is 2.70. The molecule has 1 fully saturated rings. The summed E-state index contributed by atoms with van der Waals surface area (Å²) in [4.78, 5) is 7.89. The number of aromatic nitrogens is 1. The third kappa shape index (κ3) is 4.61. The minimum Gasteiger partial charge on any atom is -0.298 e. The average Bonchev–Trinajstić information content (AvgIpc) is 2.89. The van der Waals surface area contributed by atoms with Crippen LogP contribution in [0, 0.1) is 0 Å². The van der Waals surface area contributed by atoms with E-state index in [1.165, 1.54) is 0 Å². The maximum Gasteiger partial charge on any atom is 0.243 e. The highest BCUT2D eigenvalue weighted by molar-refractivity contribution is 7.98. The largest absolute Gasteiger partial charge is 0.298 e. The first-order chi connectivity index (χ1) is 12.1. The van der Waals surface area contributed by atoms with E-state index in [4.69, 9.17) is 0 Å². The van der Waals surface area contributed by atoms with Crippen LogP contribution in [-0.4, -0.2) is 55.0 Å². The SMILES string of the molecule is CSc1ccc(S(=O)(=O)N2CCCN(Cc3cccnc3)CC2)cc1. The molecule has 0 aliphatic carbocycles. The zero-order valence-corrected chi connectivity index (χ0v) is 16.0. The molecule has 3 rings (SSSR count). The highest BCUT2D eigenvalue weighted by atomic mass is 32.2. The van der Waals surface area contributed by atoms with Crippen LogP contribution >= 0.6 is 11.8 Å². The van der Waals surface area contributed by atoms with E-state index in [1.54, 1.807) is 34.4 Å². The molecular weight excluding hydrogens is 354 g/mol. The first kappa shape index (κ1) is 18.4. The Morgan fingerprint density at radius 3 is 2.56 bits per heavy atom. The third-order valence-electron chi connectivity index (χ3n) is 4.37. The Bertz CT molecular complexity index is 780. The standard InChI is InChI=1S/C18H23N3O2S2/c1-24-17-5-7-18(8-6-17)25(22,23)21-11-3-10-20(12-13-21)15-16-4-2-9-19-14-16/h2,4-9,14H,3,10-13,15H2,1H3. The first-order valence-electron chi connectivity index (χ1n) is 8.35. The number of thioether (sulfide) groups is 1. The van der Waals surface area contributed by atoms with E-state index in [1.807, 2.05) is 30.7 Å². The quantitative estimate of drug-likeness (QED) is 0.750. The fraction of sp³-hybridized carbons (Fsp3) is 0.389. The summed E-state index contributed by atoms with van der Waals surface area (Å²) in [5.41, 5.74) is 1.16. The molecule has 25 heavy (non-hydrogen) atoms. The van der Waals surface area contributed by atoms with E-state index in [0.29, 0.717) is 18.0 Å². The molecule has 1 aromatic heterocycles. The van der Waals surface area contributed by atoms with Gasteiger partial charge in [-0.2, -0.15) is 4.31 Å². The van der Waals surface area contributed by atoms with Crippen LogP contribution in [0.15, 0.2) is 58.6 Å². The summed E-state index contributed by atoms with van der Waals surface area (Å²) in [6.07, 6.45) is 6.45. The number of rotatable bonds is 5. The Morgan fingerprint density at radius 2 is 1.88 bits per heavy atom. The van der Waals surface area contributed by atoms with Gasteiger partial charge >= 0.3 is 0 Å². The summed E-state index contributed by atoms with van der Waals surface area (Å²) in [6.45, 7) is 3.52. The topological polar surface area (TPSA) is 53.5 Å². The molecule has 1 aliphatic rings. The summed E-state index contributed by atoms with van der Waals surface area (Å²) in [6, 6.07) is 11.1. The average molecular weight is 378 g/mol. The summed E-state index contributed by atoms with van der Waals surface area (Å²) >= 11 is 1.61. The molecule has 1 aromatic carbocycles. The first-order valence-corrected chi connectivity index (χ1v) is 11.0. The van der Waals surface area contributed by atoms with Crippen LogP contribution in [0.5, 0.6) is 0 Å². The molecule has 0 atom stereocenters. The number of hydrogen-bond donors (Lipinski definition) is 0. The molecule has 5 nitrogen and oxygen atoms in total. The molecule has 0 unspecified atom stereocenters.